The average molecular weight is 516 g/mol. The van der Waals surface area contributed by atoms with E-state index in [0.717, 1.165) is 16.2 Å². The first-order valence-corrected chi connectivity index (χ1v) is 10.5. The van der Waals surface area contributed by atoms with Crippen molar-refractivity contribution in [2.75, 3.05) is 13.7 Å². The van der Waals surface area contributed by atoms with Crippen molar-refractivity contribution in [2.24, 2.45) is 4.99 Å². The number of nitrogens with zero attached hydrogens (tertiary/aromatic N) is 1. The number of amidine groups is 1. The number of carbonyl (C=O) groups excluding carboxylic acids is 2. The highest BCUT2D eigenvalue weighted by atomic mass is 79.9. The predicted molar refractivity (Wildman–Crippen MR) is 119 cm³/mol. The second-order valence-electron chi connectivity index (χ2n) is 5.60. The molecule has 1 saturated heterocycles. The molecule has 1 aliphatic heterocycles. The van der Waals surface area contributed by atoms with E-state index in [0.29, 0.717) is 37.1 Å². The number of halogens is 3. The molecule has 29 heavy (non-hydrogen) atoms. The van der Waals surface area contributed by atoms with E-state index in [4.69, 9.17) is 27.9 Å². The Morgan fingerprint density at radius 3 is 2.86 bits per heavy atom. The largest absolute Gasteiger partial charge is 0.481 e. The number of methoxy groups -OCH3 is 1. The van der Waals surface area contributed by atoms with Gasteiger partial charge < -0.3 is 14.8 Å². The standard InChI is InChI=1S/C19H13BrCl2N2O4S/c1-27-16(25)9-28-14-6-5-11(20)7-10(14)8-15-18(26)24-19(29-15)23-13-4-2-3-12(21)17(13)22/h2-8H,9H2,1H3,(H,23,24,26)/b15-8+. The molecule has 2 aromatic carbocycles. The number of esters is 1. The molecule has 1 aliphatic rings. The van der Waals surface area contributed by atoms with Crippen LogP contribution in [0.15, 0.2) is 50.8 Å². The van der Waals surface area contributed by atoms with Crippen molar-refractivity contribution in [3.63, 3.8) is 0 Å². The minimum absolute atomic E-state index is 0.242. The molecular weight excluding hydrogens is 503 g/mol. The highest BCUT2D eigenvalue weighted by Gasteiger charge is 2.25. The monoisotopic (exact) mass is 514 g/mol. The molecule has 0 saturated carbocycles. The first-order chi connectivity index (χ1) is 13.9. The fraction of sp³-hybridized carbons (Fsp3) is 0.105. The molecule has 2 aromatic rings. The van der Waals surface area contributed by atoms with Gasteiger partial charge in [-0.15, -0.1) is 0 Å². The Bertz CT molecular complexity index is 1040. The summed E-state index contributed by atoms with van der Waals surface area (Å²) in [6, 6.07) is 10.3. The van der Waals surface area contributed by atoms with Crippen molar-refractivity contribution >= 4 is 79.7 Å². The normalized spacial score (nSPS) is 16.2. The van der Waals surface area contributed by atoms with E-state index in [1.54, 1.807) is 42.5 Å². The maximum Gasteiger partial charge on any atom is 0.343 e. The molecule has 0 unspecified atom stereocenters. The zero-order valence-electron chi connectivity index (χ0n) is 14.9. The molecule has 0 bridgehead atoms. The summed E-state index contributed by atoms with van der Waals surface area (Å²) in [6.07, 6.45) is 1.65. The average Bonchev–Trinajstić information content (AvgIpc) is 3.03. The Kier molecular flexibility index (Phi) is 7.23. The Morgan fingerprint density at radius 2 is 2.10 bits per heavy atom. The van der Waals surface area contributed by atoms with Gasteiger partial charge in [0.25, 0.3) is 5.91 Å². The SMILES string of the molecule is COC(=O)COc1ccc(Br)cc1/C=C1/SC(=Nc2cccc(Cl)c2Cl)NC1=O. The summed E-state index contributed by atoms with van der Waals surface area (Å²) in [5, 5.41) is 3.74. The van der Waals surface area contributed by atoms with Crippen LogP contribution in [0.2, 0.25) is 10.0 Å². The van der Waals surface area contributed by atoms with Crippen LogP contribution in [0.1, 0.15) is 5.56 Å². The van der Waals surface area contributed by atoms with Crippen molar-refractivity contribution in [3.8, 4) is 5.75 Å². The number of amides is 1. The minimum Gasteiger partial charge on any atom is -0.481 e. The van der Waals surface area contributed by atoms with E-state index in [1.807, 2.05) is 0 Å². The predicted octanol–water partition coefficient (Wildman–Crippen LogP) is 5.20. The number of hydrogen-bond acceptors (Lipinski definition) is 6. The molecule has 1 fully saturated rings. The summed E-state index contributed by atoms with van der Waals surface area (Å²) < 4.78 is 10.9. The molecule has 0 aromatic heterocycles. The van der Waals surface area contributed by atoms with Gasteiger partial charge in [-0.05, 0) is 48.2 Å². The molecule has 6 nitrogen and oxygen atoms in total. The van der Waals surface area contributed by atoms with Gasteiger partial charge in [0.05, 0.1) is 27.7 Å². The van der Waals surface area contributed by atoms with Crippen LogP contribution in [-0.2, 0) is 14.3 Å². The molecular formula is C19H13BrCl2N2O4S. The Labute approximate surface area is 189 Å². The quantitative estimate of drug-likeness (QED) is 0.437. The lowest BCUT2D eigenvalue weighted by molar-refractivity contribution is -0.142. The molecule has 150 valence electrons. The number of benzene rings is 2. The number of rotatable bonds is 5. The van der Waals surface area contributed by atoms with Crippen molar-refractivity contribution < 1.29 is 19.1 Å². The number of aliphatic imine (C=N–C) groups is 1. The van der Waals surface area contributed by atoms with E-state index in [1.165, 1.54) is 7.11 Å². The van der Waals surface area contributed by atoms with Gasteiger partial charge in [-0.2, -0.15) is 0 Å². The van der Waals surface area contributed by atoms with Crippen LogP contribution in [0.4, 0.5) is 5.69 Å². The molecule has 0 radical (unpaired) electrons. The molecule has 10 heteroatoms. The van der Waals surface area contributed by atoms with Gasteiger partial charge in [0.2, 0.25) is 0 Å². The number of thioether (sulfide) groups is 1. The lowest BCUT2D eigenvalue weighted by atomic mass is 10.2. The third-order valence-electron chi connectivity index (χ3n) is 3.64. The van der Waals surface area contributed by atoms with Crippen molar-refractivity contribution in [2.45, 2.75) is 0 Å². The second kappa shape index (κ2) is 9.67. The molecule has 0 atom stereocenters. The smallest absolute Gasteiger partial charge is 0.343 e. The van der Waals surface area contributed by atoms with Crippen LogP contribution in [-0.4, -0.2) is 30.8 Å². The zero-order valence-corrected chi connectivity index (χ0v) is 18.8. The van der Waals surface area contributed by atoms with Gasteiger partial charge in [-0.25, -0.2) is 9.79 Å². The first kappa shape index (κ1) is 21.7. The Morgan fingerprint density at radius 1 is 1.31 bits per heavy atom. The topological polar surface area (TPSA) is 77.0 Å². The van der Waals surface area contributed by atoms with Crippen molar-refractivity contribution in [3.05, 3.63) is 61.4 Å². The van der Waals surface area contributed by atoms with E-state index >= 15 is 0 Å². The molecule has 1 heterocycles. The number of ether oxygens (including phenoxy) is 2. The van der Waals surface area contributed by atoms with Crippen molar-refractivity contribution in [1.29, 1.82) is 0 Å². The molecule has 1 amide bonds. The third-order valence-corrected chi connectivity index (χ3v) is 5.85. The molecule has 0 spiro atoms. The van der Waals surface area contributed by atoms with Crippen LogP contribution in [0, 0.1) is 0 Å². The molecule has 0 aliphatic carbocycles. The second-order valence-corrected chi connectivity index (χ2v) is 8.33. The maximum absolute atomic E-state index is 12.4. The molecule has 3 rings (SSSR count). The highest BCUT2D eigenvalue weighted by Crippen LogP contribution is 2.35. The van der Waals surface area contributed by atoms with Gasteiger partial charge in [0.1, 0.15) is 5.75 Å². The third kappa shape index (κ3) is 5.54. The summed E-state index contributed by atoms with van der Waals surface area (Å²) in [5.74, 6) is -0.388. The Hall–Kier alpha value is -2.00. The van der Waals surface area contributed by atoms with Crippen LogP contribution < -0.4 is 10.1 Å². The Balaban J connectivity index is 1.86. The highest BCUT2D eigenvalue weighted by molar-refractivity contribution is 9.10. The summed E-state index contributed by atoms with van der Waals surface area (Å²) in [5.41, 5.74) is 1.07. The van der Waals surface area contributed by atoms with Crippen LogP contribution in [0.3, 0.4) is 0 Å². The number of carbonyl (C=O) groups is 2. The lowest BCUT2D eigenvalue weighted by Crippen LogP contribution is -2.19. The summed E-state index contributed by atoms with van der Waals surface area (Å²) in [7, 11) is 1.28. The first-order valence-electron chi connectivity index (χ1n) is 8.10. The maximum atomic E-state index is 12.4. The fourth-order valence-corrected chi connectivity index (χ4v) is 3.81. The number of nitrogens with one attached hydrogen (secondary N) is 1. The van der Waals surface area contributed by atoms with E-state index in [9.17, 15) is 9.59 Å². The van der Waals surface area contributed by atoms with Gasteiger partial charge in [-0.3, -0.25) is 4.79 Å². The summed E-state index contributed by atoms with van der Waals surface area (Å²) in [6.45, 7) is -0.242. The number of hydrogen-bond donors (Lipinski definition) is 1. The van der Waals surface area contributed by atoms with Gasteiger partial charge >= 0.3 is 5.97 Å². The van der Waals surface area contributed by atoms with E-state index in [2.05, 4.69) is 31.0 Å². The van der Waals surface area contributed by atoms with E-state index < -0.39 is 5.97 Å². The van der Waals surface area contributed by atoms with E-state index in [-0.39, 0.29) is 12.5 Å². The lowest BCUT2D eigenvalue weighted by Gasteiger charge is -2.09. The van der Waals surface area contributed by atoms with Crippen LogP contribution >= 0.6 is 50.9 Å². The van der Waals surface area contributed by atoms with Crippen LogP contribution in [0.5, 0.6) is 5.75 Å². The van der Waals surface area contributed by atoms with Crippen LogP contribution in [0.25, 0.3) is 6.08 Å². The van der Waals surface area contributed by atoms with Gasteiger partial charge in [0.15, 0.2) is 11.8 Å². The van der Waals surface area contributed by atoms with Gasteiger partial charge in [-0.1, -0.05) is 45.2 Å². The van der Waals surface area contributed by atoms with Gasteiger partial charge in [0, 0.05) is 10.0 Å². The summed E-state index contributed by atoms with van der Waals surface area (Å²) >= 11 is 16.7. The fourth-order valence-electron chi connectivity index (χ4n) is 2.27. The molecule has 1 N–H and O–H groups in total. The summed E-state index contributed by atoms with van der Waals surface area (Å²) in [4.78, 5) is 28.5. The minimum atomic E-state index is -0.507. The zero-order chi connectivity index (χ0) is 21.0. The van der Waals surface area contributed by atoms with Crippen molar-refractivity contribution in [1.82, 2.24) is 5.32 Å².